The summed E-state index contributed by atoms with van der Waals surface area (Å²) >= 11 is 0. The van der Waals surface area contributed by atoms with E-state index in [1.807, 2.05) is 25.7 Å². The molecule has 3 aliphatic rings. The van der Waals surface area contributed by atoms with Crippen molar-refractivity contribution in [3.8, 4) is 0 Å². The van der Waals surface area contributed by atoms with E-state index in [2.05, 4.69) is 0 Å². The molecule has 4 heteroatoms. The molecular formula is C14H26N2O2. The van der Waals surface area contributed by atoms with Crippen LogP contribution in [0.15, 0.2) is 0 Å². The summed E-state index contributed by atoms with van der Waals surface area (Å²) < 4.78 is 5.49. The zero-order chi connectivity index (χ0) is 13.3. The summed E-state index contributed by atoms with van der Waals surface area (Å²) in [5, 5.41) is 0. The van der Waals surface area contributed by atoms with Gasteiger partial charge in [-0.15, -0.1) is 0 Å². The maximum Gasteiger partial charge on any atom is 0.410 e. The third-order valence-corrected chi connectivity index (χ3v) is 4.15. The Balaban J connectivity index is 1.96. The number of hydrogen-bond donors (Lipinski definition) is 1. The Morgan fingerprint density at radius 2 is 2.11 bits per heavy atom. The molecule has 0 aromatic carbocycles. The first-order valence-corrected chi connectivity index (χ1v) is 7.10. The van der Waals surface area contributed by atoms with Gasteiger partial charge >= 0.3 is 6.09 Å². The van der Waals surface area contributed by atoms with E-state index in [4.69, 9.17) is 10.5 Å². The van der Waals surface area contributed by atoms with Gasteiger partial charge in [0, 0.05) is 12.6 Å². The topological polar surface area (TPSA) is 55.6 Å². The number of carbonyl (C=O) groups is 1. The van der Waals surface area contributed by atoms with Gasteiger partial charge < -0.3 is 15.4 Å². The van der Waals surface area contributed by atoms with Gasteiger partial charge in [-0.05, 0) is 64.8 Å². The first-order valence-electron chi connectivity index (χ1n) is 7.10. The van der Waals surface area contributed by atoms with Gasteiger partial charge in [-0.25, -0.2) is 4.79 Å². The Kier molecular flexibility index (Phi) is 3.85. The number of carbonyl (C=O) groups excluding carboxylic acids is 1. The van der Waals surface area contributed by atoms with Crippen LogP contribution in [-0.2, 0) is 4.74 Å². The molecule has 3 unspecified atom stereocenters. The molecule has 0 radical (unpaired) electrons. The number of rotatable bonds is 2. The van der Waals surface area contributed by atoms with Crippen LogP contribution >= 0.6 is 0 Å². The number of piperidine rings is 2. The Hall–Kier alpha value is -0.770. The summed E-state index contributed by atoms with van der Waals surface area (Å²) in [7, 11) is 0. The highest BCUT2D eigenvalue weighted by molar-refractivity contribution is 5.69. The number of ether oxygens (including phenoxy) is 1. The van der Waals surface area contributed by atoms with Gasteiger partial charge in [0.15, 0.2) is 0 Å². The molecule has 0 aromatic rings. The summed E-state index contributed by atoms with van der Waals surface area (Å²) in [6.07, 6.45) is 4.45. The highest BCUT2D eigenvalue weighted by Crippen LogP contribution is 2.41. The average Bonchev–Trinajstić information content (AvgIpc) is 2.28. The first kappa shape index (κ1) is 13.7. The smallest absolute Gasteiger partial charge is 0.410 e. The highest BCUT2D eigenvalue weighted by Gasteiger charge is 2.42. The van der Waals surface area contributed by atoms with Crippen LogP contribution in [0.25, 0.3) is 0 Å². The summed E-state index contributed by atoms with van der Waals surface area (Å²) in [5.41, 5.74) is 5.27. The van der Waals surface area contributed by atoms with Gasteiger partial charge in [-0.3, -0.25) is 0 Å². The number of fused-ring (bicyclic) bond motifs is 3. The van der Waals surface area contributed by atoms with E-state index >= 15 is 0 Å². The van der Waals surface area contributed by atoms with Gasteiger partial charge in [0.1, 0.15) is 5.60 Å². The normalized spacial score (nSPS) is 31.6. The van der Waals surface area contributed by atoms with E-state index < -0.39 is 5.60 Å². The van der Waals surface area contributed by atoms with Crippen LogP contribution in [0.2, 0.25) is 0 Å². The minimum absolute atomic E-state index is 0.136. The van der Waals surface area contributed by atoms with E-state index in [0.29, 0.717) is 17.9 Å². The van der Waals surface area contributed by atoms with Crippen molar-refractivity contribution < 1.29 is 9.53 Å². The quantitative estimate of drug-likeness (QED) is 0.823. The third kappa shape index (κ3) is 2.97. The van der Waals surface area contributed by atoms with Crippen LogP contribution < -0.4 is 5.73 Å². The molecule has 0 aromatic heterocycles. The van der Waals surface area contributed by atoms with Gasteiger partial charge in [0.05, 0.1) is 0 Å². The molecule has 1 amide bonds. The molecule has 2 bridgehead atoms. The number of hydrogen-bond acceptors (Lipinski definition) is 3. The monoisotopic (exact) mass is 254 g/mol. The molecule has 1 saturated carbocycles. The Labute approximate surface area is 110 Å². The lowest BCUT2D eigenvalue weighted by Crippen LogP contribution is -2.55. The highest BCUT2D eigenvalue weighted by atomic mass is 16.6. The molecule has 2 saturated heterocycles. The number of nitrogens with two attached hydrogens (primary N) is 1. The maximum absolute atomic E-state index is 12.1. The van der Waals surface area contributed by atoms with Crippen LogP contribution in [0.1, 0.15) is 46.5 Å². The van der Waals surface area contributed by atoms with Crippen molar-refractivity contribution in [1.82, 2.24) is 4.90 Å². The molecule has 4 nitrogen and oxygen atoms in total. The zero-order valence-corrected chi connectivity index (χ0v) is 11.8. The Morgan fingerprint density at radius 3 is 2.61 bits per heavy atom. The van der Waals surface area contributed by atoms with Crippen molar-refractivity contribution in [2.75, 3.05) is 13.1 Å². The van der Waals surface area contributed by atoms with Crippen molar-refractivity contribution in [2.45, 2.75) is 58.1 Å². The van der Waals surface area contributed by atoms with Gasteiger partial charge in [0.2, 0.25) is 0 Å². The fourth-order valence-corrected chi connectivity index (χ4v) is 3.34. The summed E-state index contributed by atoms with van der Waals surface area (Å²) in [6.45, 7) is 7.39. The van der Waals surface area contributed by atoms with Crippen molar-refractivity contribution in [2.24, 2.45) is 17.6 Å². The lowest BCUT2D eigenvalue weighted by atomic mass is 9.71. The minimum Gasteiger partial charge on any atom is -0.444 e. The molecule has 104 valence electrons. The van der Waals surface area contributed by atoms with E-state index in [0.717, 1.165) is 32.4 Å². The van der Waals surface area contributed by atoms with Crippen molar-refractivity contribution in [3.63, 3.8) is 0 Å². The second kappa shape index (κ2) is 5.08. The third-order valence-electron chi connectivity index (χ3n) is 4.15. The minimum atomic E-state index is -0.398. The molecule has 0 spiro atoms. The van der Waals surface area contributed by atoms with Crippen LogP contribution in [0.4, 0.5) is 4.79 Å². The molecule has 2 aliphatic heterocycles. The van der Waals surface area contributed by atoms with E-state index in [1.165, 1.54) is 6.42 Å². The molecule has 3 atom stereocenters. The standard InChI is InChI=1S/C14H26N2O2/c1-14(2,3)18-13(17)16-9-11-4-5-12(16)8-10(11)6-7-15/h10-12H,4-9,15H2,1-3H3. The lowest BCUT2D eigenvalue weighted by molar-refractivity contribution is -0.0297. The predicted octanol–water partition coefficient (Wildman–Crippen LogP) is 2.37. The number of nitrogens with zero attached hydrogens (tertiary/aromatic N) is 1. The summed E-state index contributed by atoms with van der Waals surface area (Å²) in [4.78, 5) is 14.1. The molecule has 3 fully saturated rings. The van der Waals surface area contributed by atoms with Gasteiger partial charge in [0.25, 0.3) is 0 Å². The lowest BCUT2D eigenvalue weighted by Gasteiger charge is -2.49. The van der Waals surface area contributed by atoms with Crippen LogP contribution in [0.5, 0.6) is 0 Å². The second-order valence-electron chi connectivity index (χ2n) is 6.70. The number of amides is 1. The van der Waals surface area contributed by atoms with Crippen molar-refractivity contribution >= 4 is 6.09 Å². The van der Waals surface area contributed by atoms with E-state index in [1.54, 1.807) is 0 Å². The van der Waals surface area contributed by atoms with Gasteiger partial charge in [-0.2, -0.15) is 0 Å². The average molecular weight is 254 g/mol. The molecule has 2 N–H and O–H groups in total. The molecule has 18 heavy (non-hydrogen) atoms. The van der Waals surface area contributed by atoms with E-state index in [-0.39, 0.29) is 6.09 Å². The van der Waals surface area contributed by atoms with Crippen LogP contribution in [-0.4, -0.2) is 35.7 Å². The van der Waals surface area contributed by atoms with E-state index in [9.17, 15) is 4.79 Å². The fourth-order valence-electron chi connectivity index (χ4n) is 3.34. The molecule has 3 rings (SSSR count). The fraction of sp³-hybridized carbons (Fsp3) is 0.929. The van der Waals surface area contributed by atoms with Crippen molar-refractivity contribution in [1.29, 1.82) is 0 Å². The Morgan fingerprint density at radius 1 is 1.39 bits per heavy atom. The molecular weight excluding hydrogens is 228 g/mol. The van der Waals surface area contributed by atoms with Crippen LogP contribution in [0.3, 0.4) is 0 Å². The van der Waals surface area contributed by atoms with Crippen molar-refractivity contribution in [3.05, 3.63) is 0 Å². The van der Waals surface area contributed by atoms with Gasteiger partial charge in [-0.1, -0.05) is 0 Å². The molecule has 1 aliphatic carbocycles. The Bertz CT molecular complexity index is 311. The molecule has 2 heterocycles. The first-order chi connectivity index (χ1) is 8.40. The van der Waals surface area contributed by atoms with Crippen LogP contribution in [0, 0.1) is 11.8 Å². The SMILES string of the molecule is CC(C)(C)OC(=O)N1CC2CCC1CC2CCN. The summed E-state index contributed by atoms with van der Waals surface area (Å²) in [5.74, 6) is 1.35. The maximum atomic E-state index is 12.1. The largest absolute Gasteiger partial charge is 0.444 e. The summed E-state index contributed by atoms with van der Waals surface area (Å²) in [6, 6.07) is 0.376. The second-order valence-corrected chi connectivity index (χ2v) is 6.70. The predicted molar refractivity (Wildman–Crippen MR) is 71.2 cm³/mol. The zero-order valence-electron chi connectivity index (χ0n) is 11.8.